The van der Waals surface area contributed by atoms with Gasteiger partial charge < -0.3 is 9.67 Å². The van der Waals surface area contributed by atoms with E-state index in [1.54, 1.807) is 0 Å². The quantitative estimate of drug-likeness (QED) is 0.885. The molecule has 1 saturated carbocycles. The van der Waals surface area contributed by atoms with Gasteiger partial charge in [0.05, 0.1) is 0 Å². The van der Waals surface area contributed by atoms with E-state index in [0.29, 0.717) is 6.04 Å². The van der Waals surface area contributed by atoms with Gasteiger partial charge >= 0.3 is 5.97 Å². The lowest BCUT2D eigenvalue weighted by atomic mass is 10.0. The smallest absolute Gasteiger partial charge is 0.325 e. The summed E-state index contributed by atoms with van der Waals surface area (Å²) in [5, 5.41) is 13.8. The summed E-state index contributed by atoms with van der Waals surface area (Å²) in [4.78, 5) is 11.6. The number of carboxylic acid groups (broad SMARTS) is 1. The molecular formula is C15H18N2O2. The van der Waals surface area contributed by atoms with Crippen molar-refractivity contribution in [2.75, 3.05) is 0 Å². The van der Waals surface area contributed by atoms with Crippen LogP contribution in [0.5, 0.6) is 0 Å². The number of nitrogens with one attached hydrogen (secondary N) is 1. The zero-order valence-electron chi connectivity index (χ0n) is 11.2. The van der Waals surface area contributed by atoms with Gasteiger partial charge in [-0.2, -0.15) is 0 Å². The van der Waals surface area contributed by atoms with Crippen molar-refractivity contribution in [3.8, 4) is 0 Å². The highest BCUT2D eigenvalue weighted by atomic mass is 16.4. The molecule has 3 rings (SSSR count). The maximum absolute atomic E-state index is 11.6. The fraction of sp³-hybridized carbons (Fsp3) is 0.400. The van der Waals surface area contributed by atoms with Crippen molar-refractivity contribution in [2.24, 2.45) is 7.05 Å². The highest BCUT2D eigenvalue weighted by Gasteiger charge is 2.32. The van der Waals surface area contributed by atoms with Crippen molar-refractivity contribution in [1.82, 2.24) is 9.88 Å². The summed E-state index contributed by atoms with van der Waals surface area (Å²) in [5.74, 6) is -0.800. The molecule has 4 nitrogen and oxygen atoms in total. The topological polar surface area (TPSA) is 54.3 Å². The Balaban J connectivity index is 2.16. The molecule has 1 aliphatic rings. The first-order chi connectivity index (χ1) is 9.09. The Kier molecular flexibility index (Phi) is 2.82. The molecule has 2 N–H and O–H groups in total. The number of para-hydroxylation sites is 1. The second-order valence-electron chi connectivity index (χ2n) is 5.29. The lowest BCUT2D eigenvalue weighted by Gasteiger charge is -2.15. The number of benzene rings is 1. The average Bonchev–Trinajstić information content (AvgIpc) is 3.17. The number of hydrogen-bond donors (Lipinski definition) is 2. The van der Waals surface area contributed by atoms with E-state index < -0.39 is 12.0 Å². The molecule has 1 unspecified atom stereocenters. The van der Waals surface area contributed by atoms with Crippen LogP contribution in [-0.2, 0) is 11.8 Å². The van der Waals surface area contributed by atoms with Gasteiger partial charge in [0.25, 0.3) is 0 Å². The maximum atomic E-state index is 11.6. The first kappa shape index (κ1) is 12.2. The number of aliphatic carboxylic acids is 1. The summed E-state index contributed by atoms with van der Waals surface area (Å²) in [6, 6.07) is 7.72. The Bertz CT molecular complexity index is 641. The third-order valence-corrected chi connectivity index (χ3v) is 3.96. The molecule has 2 aromatic rings. The van der Waals surface area contributed by atoms with E-state index in [0.717, 1.165) is 35.0 Å². The molecule has 1 aliphatic carbocycles. The Morgan fingerprint density at radius 2 is 2.11 bits per heavy atom. The van der Waals surface area contributed by atoms with E-state index in [2.05, 4.69) is 9.88 Å². The molecule has 1 aromatic carbocycles. The Hall–Kier alpha value is -1.81. The normalized spacial score (nSPS) is 16.7. The van der Waals surface area contributed by atoms with Crippen molar-refractivity contribution in [2.45, 2.75) is 31.8 Å². The van der Waals surface area contributed by atoms with Crippen LogP contribution in [0, 0.1) is 6.92 Å². The first-order valence-electron chi connectivity index (χ1n) is 6.62. The van der Waals surface area contributed by atoms with Crippen molar-refractivity contribution in [3.05, 3.63) is 35.5 Å². The summed E-state index contributed by atoms with van der Waals surface area (Å²) in [6.07, 6.45) is 2.15. The number of aromatic nitrogens is 1. The summed E-state index contributed by atoms with van der Waals surface area (Å²) in [7, 11) is 1.98. The van der Waals surface area contributed by atoms with Gasteiger partial charge in [0.15, 0.2) is 0 Å². The lowest BCUT2D eigenvalue weighted by Crippen LogP contribution is -2.30. The van der Waals surface area contributed by atoms with Gasteiger partial charge in [0, 0.05) is 35.2 Å². The van der Waals surface area contributed by atoms with Crippen molar-refractivity contribution in [3.63, 3.8) is 0 Å². The van der Waals surface area contributed by atoms with Gasteiger partial charge in [0.2, 0.25) is 0 Å². The molecule has 0 aliphatic heterocycles. The van der Waals surface area contributed by atoms with Crippen LogP contribution >= 0.6 is 0 Å². The van der Waals surface area contributed by atoms with E-state index in [4.69, 9.17) is 0 Å². The number of carbonyl (C=O) groups is 1. The van der Waals surface area contributed by atoms with Crippen LogP contribution in [-0.4, -0.2) is 21.7 Å². The summed E-state index contributed by atoms with van der Waals surface area (Å²) in [6.45, 7) is 1.99. The fourth-order valence-corrected chi connectivity index (χ4v) is 2.68. The Labute approximate surface area is 112 Å². The highest BCUT2D eigenvalue weighted by molar-refractivity contribution is 5.91. The highest BCUT2D eigenvalue weighted by Crippen LogP contribution is 2.32. The van der Waals surface area contributed by atoms with Crippen molar-refractivity contribution < 1.29 is 9.90 Å². The molecule has 0 radical (unpaired) electrons. The summed E-state index contributed by atoms with van der Waals surface area (Å²) >= 11 is 0. The minimum Gasteiger partial charge on any atom is -0.480 e. The molecule has 1 aromatic heterocycles. The Morgan fingerprint density at radius 3 is 2.74 bits per heavy atom. The van der Waals surface area contributed by atoms with Crippen LogP contribution in [0.1, 0.15) is 30.1 Å². The minimum absolute atomic E-state index is 0.361. The molecule has 19 heavy (non-hydrogen) atoms. The van der Waals surface area contributed by atoms with Crippen LogP contribution in [0.3, 0.4) is 0 Å². The van der Waals surface area contributed by atoms with E-state index in [9.17, 15) is 9.90 Å². The first-order valence-corrected chi connectivity index (χ1v) is 6.62. The lowest BCUT2D eigenvalue weighted by molar-refractivity contribution is -0.139. The van der Waals surface area contributed by atoms with Crippen molar-refractivity contribution in [1.29, 1.82) is 0 Å². The van der Waals surface area contributed by atoms with Gasteiger partial charge in [-0.3, -0.25) is 10.1 Å². The molecule has 0 saturated heterocycles. The van der Waals surface area contributed by atoms with Gasteiger partial charge in [-0.1, -0.05) is 18.2 Å². The third-order valence-electron chi connectivity index (χ3n) is 3.96. The number of aryl methyl sites for hydroxylation is 1. The largest absolute Gasteiger partial charge is 0.480 e. The monoisotopic (exact) mass is 258 g/mol. The second-order valence-corrected chi connectivity index (χ2v) is 5.29. The molecule has 0 bridgehead atoms. The summed E-state index contributed by atoms with van der Waals surface area (Å²) < 4.78 is 2.06. The fourth-order valence-electron chi connectivity index (χ4n) is 2.68. The number of carboxylic acids is 1. The van der Waals surface area contributed by atoms with Crippen LogP contribution in [0.25, 0.3) is 10.9 Å². The van der Waals surface area contributed by atoms with Gasteiger partial charge in [-0.05, 0) is 25.8 Å². The molecule has 1 atom stereocenters. The number of fused-ring (bicyclic) bond motifs is 1. The molecule has 0 spiro atoms. The molecule has 1 fully saturated rings. The van der Waals surface area contributed by atoms with Crippen LogP contribution in [0.2, 0.25) is 0 Å². The van der Waals surface area contributed by atoms with Crippen LogP contribution in [0.4, 0.5) is 0 Å². The molecule has 100 valence electrons. The van der Waals surface area contributed by atoms with Gasteiger partial charge in [-0.15, -0.1) is 0 Å². The predicted octanol–water partition coefficient (Wildman–Crippen LogP) is 2.36. The van der Waals surface area contributed by atoms with E-state index in [-0.39, 0.29) is 0 Å². The zero-order chi connectivity index (χ0) is 13.6. The molecule has 1 heterocycles. The number of rotatable bonds is 4. The average molecular weight is 258 g/mol. The van der Waals surface area contributed by atoms with Crippen molar-refractivity contribution >= 4 is 16.9 Å². The SMILES string of the molecule is Cc1c(C(NC2CC2)C(=O)O)c2ccccc2n1C. The zero-order valence-corrected chi connectivity index (χ0v) is 11.2. The predicted molar refractivity (Wildman–Crippen MR) is 74.2 cm³/mol. The maximum Gasteiger partial charge on any atom is 0.325 e. The number of hydrogen-bond acceptors (Lipinski definition) is 2. The molecular weight excluding hydrogens is 240 g/mol. The van der Waals surface area contributed by atoms with Gasteiger partial charge in [0.1, 0.15) is 6.04 Å². The standard InChI is InChI=1S/C15H18N2O2/c1-9-13(14(15(18)19)16-10-7-8-10)11-5-3-4-6-12(11)17(9)2/h3-6,10,14,16H,7-8H2,1-2H3,(H,18,19). The summed E-state index contributed by atoms with van der Waals surface area (Å²) in [5.41, 5.74) is 3.00. The van der Waals surface area contributed by atoms with Gasteiger partial charge in [-0.25, -0.2) is 0 Å². The van der Waals surface area contributed by atoms with E-state index in [1.165, 1.54) is 0 Å². The minimum atomic E-state index is -0.800. The van der Waals surface area contributed by atoms with Crippen LogP contribution in [0.15, 0.2) is 24.3 Å². The molecule has 4 heteroatoms. The number of nitrogens with zero attached hydrogens (tertiary/aromatic N) is 1. The van der Waals surface area contributed by atoms with Crippen LogP contribution < -0.4 is 5.32 Å². The second kappa shape index (κ2) is 4.38. The Morgan fingerprint density at radius 1 is 1.42 bits per heavy atom. The third kappa shape index (κ3) is 2.02. The molecule has 0 amide bonds. The van der Waals surface area contributed by atoms with E-state index in [1.807, 2.05) is 38.2 Å². The van der Waals surface area contributed by atoms with E-state index >= 15 is 0 Å².